The summed E-state index contributed by atoms with van der Waals surface area (Å²) in [5.41, 5.74) is 4.20. The predicted octanol–water partition coefficient (Wildman–Crippen LogP) is 2.66. The highest BCUT2D eigenvalue weighted by atomic mass is 32.2. The molecule has 0 spiro atoms. The van der Waals surface area contributed by atoms with Gasteiger partial charge in [-0.15, -0.1) is 5.10 Å². The lowest BCUT2D eigenvalue weighted by atomic mass is 10.1. The summed E-state index contributed by atoms with van der Waals surface area (Å²) in [6.45, 7) is 6.26. The number of aryl methyl sites for hydroxylation is 2. The Balaban J connectivity index is 1.63. The number of sulfonamides is 1. The number of rotatable bonds is 7. The maximum Gasteiger partial charge on any atom is 0.240 e. The summed E-state index contributed by atoms with van der Waals surface area (Å²) in [6, 6.07) is 12.7. The first kappa shape index (κ1) is 19.5. The average Bonchev–Trinajstić information content (AvgIpc) is 3.10. The van der Waals surface area contributed by atoms with Crippen molar-refractivity contribution < 1.29 is 8.42 Å². The largest absolute Gasteiger partial charge is 0.240 e. The lowest BCUT2D eigenvalue weighted by Crippen LogP contribution is -2.26. The molecule has 1 aromatic heterocycles. The van der Waals surface area contributed by atoms with E-state index in [9.17, 15) is 8.42 Å². The van der Waals surface area contributed by atoms with Gasteiger partial charge in [-0.05, 0) is 60.5 Å². The molecule has 0 aliphatic heterocycles. The van der Waals surface area contributed by atoms with Crippen LogP contribution in [0.2, 0.25) is 0 Å². The Morgan fingerprint density at radius 3 is 2.56 bits per heavy atom. The van der Waals surface area contributed by atoms with Crippen LogP contribution in [-0.4, -0.2) is 40.9 Å². The summed E-state index contributed by atoms with van der Waals surface area (Å²) >= 11 is 1.40. The van der Waals surface area contributed by atoms with Crippen LogP contribution in [0, 0.1) is 20.8 Å². The maximum absolute atomic E-state index is 12.3. The first-order chi connectivity index (χ1) is 12.9. The van der Waals surface area contributed by atoms with Crippen LogP contribution in [0.3, 0.4) is 0 Å². The Bertz CT molecular complexity index is 1030. The summed E-state index contributed by atoms with van der Waals surface area (Å²) < 4.78 is 28.9. The normalized spacial score (nSPS) is 11.7. The second kappa shape index (κ2) is 8.20. The lowest BCUT2D eigenvalue weighted by Gasteiger charge is -2.10. The van der Waals surface area contributed by atoms with Crippen molar-refractivity contribution in [3.63, 3.8) is 0 Å². The number of benzene rings is 2. The van der Waals surface area contributed by atoms with Crippen LogP contribution in [0.25, 0.3) is 5.69 Å². The molecule has 0 saturated heterocycles. The molecule has 142 valence electrons. The van der Waals surface area contributed by atoms with Gasteiger partial charge in [0.2, 0.25) is 15.2 Å². The topological polar surface area (TPSA) is 89.8 Å². The Hall–Kier alpha value is -2.23. The van der Waals surface area contributed by atoms with E-state index in [1.807, 2.05) is 39.0 Å². The zero-order chi connectivity index (χ0) is 19.4. The van der Waals surface area contributed by atoms with Crippen LogP contribution in [0.15, 0.2) is 52.5 Å². The van der Waals surface area contributed by atoms with Gasteiger partial charge in [-0.2, -0.15) is 4.68 Å². The van der Waals surface area contributed by atoms with Crippen molar-refractivity contribution >= 4 is 21.8 Å². The van der Waals surface area contributed by atoms with Crippen LogP contribution in [0.4, 0.5) is 0 Å². The molecule has 2 aromatic carbocycles. The molecule has 1 heterocycles. The Morgan fingerprint density at radius 2 is 1.81 bits per heavy atom. The van der Waals surface area contributed by atoms with E-state index in [0.717, 1.165) is 22.4 Å². The van der Waals surface area contributed by atoms with E-state index in [1.54, 1.807) is 28.9 Å². The fourth-order valence-electron chi connectivity index (χ4n) is 2.50. The van der Waals surface area contributed by atoms with Crippen molar-refractivity contribution in [2.75, 3.05) is 12.3 Å². The van der Waals surface area contributed by atoms with E-state index >= 15 is 0 Å². The molecule has 0 aliphatic rings. The van der Waals surface area contributed by atoms with Crippen molar-refractivity contribution in [3.8, 4) is 5.69 Å². The van der Waals surface area contributed by atoms with Gasteiger partial charge in [0, 0.05) is 12.3 Å². The third-order valence-electron chi connectivity index (χ3n) is 4.20. The van der Waals surface area contributed by atoms with Gasteiger partial charge in [-0.3, -0.25) is 0 Å². The molecule has 0 saturated carbocycles. The fourth-order valence-corrected chi connectivity index (χ4v) is 4.40. The number of aromatic nitrogens is 4. The second-order valence-corrected chi connectivity index (χ2v) is 8.98. The van der Waals surface area contributed by atoms with Crippen LogP contribution >= 0.6 is 11.8 Å². The zero-order valence-corrected chi connectivity index (χ0v) is 17.0. The minimum absolute atomic E-state index is 0.262. The molecule has 9 heteroatoms. The van der Waals surface area contributed by atoms with Gasteiger partial charge >= 0.3 is 0 Å². The molecule has 0 radical (unpaired) electrons. The zero-order valence-electron chi connectivity index (χ0n) is 15.4. The highest BCUT2D eigenvalue weighted by Crippen LogP contribution is 2.22. The van der Waals surface area contributed by atoms with Crippen molar-refractivity contribution in [1.82, 2.24) is 24.9 Å². The fraction of sp³-hybridized carbons (Fsp3) is 0.278. The Labute approximate surface area is 163 Å². The molecular weight excluding hydrogens is 382 g/mol. The predicted molar refractivity (Wildman–Crippen MR) is 106 cm³/mol. The van der Waals surface area contributed by atoms with Crippen molar-refractivity contribution in [3.05, 3.63) is 59.2 Å². The standard InChI is InChI=1S/C18H21N5O2S2/c1-13-7-9-16(10-8-13)27(24,25)19-11-12-26-18-20-21-22-23(18)17-6-4-5-14(2)15(17)3/h4-10,19H,11-12H2,1-3H3. The molecule has 0 atom stereocenters. The van der Waals surface area contributed by atoms with E-state index < -0.39 is 10.0 Å². The van der Waals surface area contributed by atoms with Crippen LogP contribution < -0.4 is 4.72 Å². The minimum Gasteiger partial charge on any atom is -0.210 e. The number of hydrogen-bond donors (Lipinski definition) is 1. The van der Waals surface area contributed by atoms with Crippen LogP contribution in [-0.2, 0) is 10.0 Å². The first-order valence-corrected chi connectivity index (χ1v) is 10.9. The number of thioether (sulfide) groups is 1. The third kappa shape index (κ3) is 4.55. The van der Waals surface area contributed by atoms with Crippen LogP contribution in [0.1, 0.15) is 16.7 Å². The Morgan fingerprint density at radius 1 is 1.07 bits per heavy atom. The number of tetrazole rings is 1. The molecule has 3 rings (SSSR count). The summed E-state index contributed by atoms with van der Waals surface area (Å²) in [4.78, 5) is 0.262. The summed E-state index contributed by atoms with van der Waals surface area (Å²) in [7, 11) is -3.51. The molecule has 7 nitrogen and oxygen atoms in total. The Kier molecular flexibility index (Phi) is 5.93. The first-order valence-electron chi connectivity index (χ1n) is 8.42. The minimum atomic E-state index is -3.51. The van der Waals surface area contributed by atoms with E-state index in [1.165, 1.54) is 11.8 Å². The molecule has 0 unspecified atom stereocenters. The number of hydrogen-bond acceptors (Lipinski definition) is 6. The van der Waals surface area contributed by atoms with E-state index in [2.05, 4.69) is 20.2 Å². The average molecular weight is 404 g/mol. The second-order valence-electron chi connectivity index (χ2n) is 6.15. The van der Waals surface area contributed by atoms with Gasteiger partial charge in [0.1, 0.15) is 0 Å². The molecule has 0 fully saturated rings. The van der Waals surface area contributed by atoms with Gasteiger partial charge in [0.05, 0.1) is 10.6 Å². The van der Waals surface area contributed by atoms with Gasteiger partial charge in [-0.1, -0.05) is 41.6 Å². The van der Waals surface area contributed by atoms with E-state index in [4.69, 9.17) is 0 Å². The molecule has 0 amide bonds. The van der Waals surface area contributed by atoms with Gasteiger partial charge in [0.25, 0.3) is 0 Å². The van der Waals surface area contributed by atoms with Crippen molar-refractivity contribution in [2.24, 2.45) is 0 Å². The van der Waals surface area contributed by atoms with Gasteiger partial charge < -0.3 is 0 Å². The number of nitrogens with one attached hydrogen (secondary N) is 1. The van der Waals surface area contributed by atoms with Crippen molar-refractivity contribution in [1.29, 1.82) is 0 Å². The van der Waals surface area contributed by atoms with Gasteiger partial charge in [0.15, 0.2) is 0 Å². The maximum atomic E-state index is 12.3. The molecule has 0 bridgehead atoms. The summed E-state index contributed by atoms with van der Waals surface area (Å²) in [5, 5.41) is 12.5. The monoisotopic (exact) mass is 403 g/mol. The molecular formula is C18H21N5O2S2. The quantitative estimate of drug-likeness (QED) is 0.482. The SMILES string of the molecule is Cc1ccc(S(=O)(=O)NCCSc2nnnn2-c2cccc(C)c2C)cc1. The number of nitrogens with zero attached hydrogens (tertiary/aromatic N) is 4. The summed E-state index contributed by atoms with van der Waals surface area (Å²) in [5.74, 6) is 0.510. The molecule has 0 aliphatic carbocycles. The smallest absolute Gasteiger partial charge is 0.210 e. The molecule has 1 N–H and O–H groups in total. The van der Waals surface area contributed by atoms with E-state index in [0.29, 0.717) is 10.9 Å². The van der Waals surface area contributed by atoms with Crippen molar-refractivity contribution in [2.45, 2.75) is 30.8 Å². The summed E-state index contributed by atoms with van der Waals surface area (Å²) in [6.07, 6.45) is 0. The van der Waals surface area contributed by atoms with Crippen LogP contribution in [0.5, 0.6) is 0 Å². The highest BCUT2D eigenvalue weighted by Gasteiger charge is 2.15. The lowest BCUT2D eigenvalue weighted by molar-refractivity contribution is 0.584. The van der Waals surface area contributed by atoms with E-state index in [-0.39, 0.29) is 11.4 Å². The van der Waals surface area contributed by atoms with Gasteiger partial charge in [-0.25, -0.2) is 13.1 Å². The molecule has 3 aromatic rings. The molecule has 27 heavy (non-hydrogen) atoms. The third-order valence-corrected chi connectivity index (χ3v) is 6.60. The highest BCUT2D eigenvalue weighted by molar-refractivity contribution is 7.99.